The maximum absolute atomic E-state index is 12.4. The molecule has 0 saturated carbocycles. The molecule has 3 aromatic rings. The highest BCUT2D eigenvalue weighted by atomic mass is 16.1. The lowest BCUT2D eigenvalue weighted by Gasteiger charge is -2.20. The number of aryl methyl sites for hydroxylation is 2. The summed E-state index contributed by atoms with van der Waals surface area (Å²) in [4.78, 5) is 23.6. The summed E-state index contributed by atoms with van der Waals surface area (Å²) in [7, 11) is 0. The van der Waals surface area contributed by atoms with Crippen molar-refractivity contribution in [3.63, 3.8) is 0 Å². The molecule has 1 amide bonds. The summed E-state index contributed by atoms with van der Waals surface area (Å²) in [5.74, 6) is 2.26. The maximum atomic E-state index is 12.4. The molecule has 6 heteroatoms. The monoisotopic (exact) mass is 389 g/mol. The molecule has 2 aromatic carbocycles. The van der Waals surface area contributed by atoms with Crippen molar-refractivity contribution < 1.29 is 4.79 Å². The highest BCUT2D eigenvalue weighted by molar-refractivity contribution is 6.04. The van der Waals surface area contributed by atoms with Gasteiger partial charge in [-0.05, 0) is 64.1 Å². The van der Waals surface area contributed by atoms with Crippen molar-refractivity contribution in [1.82, 2.24) is 9.97 Å². The lowest BCUT2D eigenvalue weighted by atomic mass is 10.1. The number of amides is 1. The Kier molecular flexibility index (Phi) is 6.44. The molecule has 150 valence electrons. The molecule has 1 aromatic heterocycles. The molecule has 6 nitrogen and oxygen atoms in total. The molecule has 3 rings (SSSR count). The number of nitrogens with one attached hydrogen (secondary N) is 2. The largest absolute Gasteiger partial charge is 0.357 e. The van der Waals surface area contributed by atoms with E-state index in [4.69, 9.17) is 0 Å². The van der Waals surface area contributed by atoms with Gasteiger partial charge in [-0.1, -0.05) is 17.7 Å². The van der Waals surface area contributed by atoms with Gasteiger partial charge in [-0.25, -0.2) is 9.97 Å². The molecular weight excluding hydrogens is 362 g/mol. The second kappa shape index (κ2) is 9.19. The van der Waals surface area contributed by atoms with Gasteiger partial charge in [0.1, 0.15) is 17.5 Å². The topological polar surface area (TPSA) is 70.2 Å². The van der Waals surface area contributed by atoms with Gasteiger partial charge < -0.3 is 15.5 Å². The normalized spacial score (nSPS) is 10.5. The number of nitrogens with zero attached hydrogens (tertiary/aromatic N) is 3. The molecule has 0 unspecified atom stereocenters. The van der Waals surface area contributed by atoms with Crippen LogP contribution in [0.1, 0.15) is 35.6 Å². The minimum atomic E-state index is -0.121. The van der Waals surface area contributed by atoms with Crippen LogP contribution in [0.2, 0.25) is 0 Å². The van der Waals surface area contributed by atoms with Crippen LogP contribution in [-0.2, 0) is 0 Å². The second-order valence-corrected chi connectivity index (χ2v) is 6.86. The molecule has 0 aliphatic carbocycles. The number of hydrogen-bond donors (Lipinski definition) is 2. The van der Waals surface area contributed by atoms with Gasteiger partial charge in [0, 0.05) is 36.1 Å². The van der Waals surface area contributed by atoms with Crippen molar-refractivity contribution >= 4 is 28.9 Å². The van der Waals surface area contributed by atoms with Crippen LogP contribution in [0.4, 0.5) is 23.0 Å². The second-order valence-electron chi connectivity index (χ2n) is 6.86. The van der Waals surface area contributed by atoms with E-state index in [-0.39, 0.29) is 5.91 Å². The van der Waals surface area contributed by atoms with Crippen molar-refractivity contribution in [3.05, 3.63) is 71.5 Å². The summed E-state index contributed by atoms with van der Waals surface area (Å²) in [6, 6.07) is 17.1. The number of carbonyl (C=O) groups is 1. The summed E-state index contributed by atoms with van der Waals surface area (Å²) < 4.78 is 0. The number of carbonyl (C=O) groups excluding carboxylic acids is 1. The van der Waals surface area contributed by atoms with Crippen molar-refractivity contribution in [3.8, 4) is 0 Å². The van der Waals surface area contributed by atoms with E-state index in [9.17, 15) is 4.79 Å². The van der Waals surface area contributed by atoms with Gasteiger partial charge in [0.15, 0.2) is 0 Å². The molecular formula is C23H27N5O. The first-order chi connectivity index (χ1) is 14.0. The molecule has 0 aliphatic rings. The minimum Gasteiger partial charge on any atom is -0.357 e. The maximum Gasteiger partial charge on any atom is 0.255 e. The Balaban J connectivity index is 1.70. The molecule has 29 heavy (non-hydrogen) atoms. The van der Waals surface area contributed by atoms with Crippen LogP contribution in [0.15, 0.2) is 54.6 Å². The van der Waals surface area contributed by atoms with Gasteiger partial charge in [-0.15, -0.1) is 0 Å². The Morgan fingerprint density at radius 1 is 0.931 bits per heavy atom. The Bertz CT molecular complexity index is 981. The molecule has 1 heterocycles. The van der Waals surface area contributed by atoms with E-state index in [2.05, 4.69) is 39.3 Å². The molecule has 0 spiro atoms. The Hall–Kier alpha value is -3.41. The van der Waals surface area contributed by atoms with Gasteiger partial charge in [0.2, 0.25) is 0 Å². The van der Waals surface area contributed by atoms with E-state index in [0.29, 0.717) is 5.56 Å². The van der Waals surface area contributed by atoms with Gasteiger partial charge in [-0.3, -0.25) is 4.79 Å². The predicted molar refractivity (Wildman–Crippen MR) is 119 cm³/mol. The Labute approximate surface area is 172 Å². The van der Waals surface area contributed by atoms with Crippen LogP contribution in [-0.4, -0.2) is 29.0 Å². The molecule has 2 N–H and O–H groups in total. The Morgan fingerprint density at radius 3 is 2.28 bits per heavy atom. The standard InChI is InChI=1S/C23H27N5O/c1-5-28(6-2)22-15-21(24-17(4)25-22)26-19-10-12-20(13-11-19)27-23(29)18-9-7-8-16(3)14-18/h7-15H,5-6H2,1-4H3,(H,27,29)(H,24,25,26). The van der Waals surface area contributed by atoms with Crippen molar-refractivity contribution in [2.24, 2.45) is 0 Å². The van der Waals surface area contributed by atoms with Gasteiger partial charge in [0.05, 0.1) is 0 Å². The molecule has 0 bridgehead atoms. The van der Waals surface area contributed by atoms with E-state index in [1.54, 1.807) is 0 Å². The van der Waals surface area contributed by atoms with Crippen LogP contribution in [0.5, 0.6) is 0 Å². The summed E-state index contributed by atoms with van der Waals surface area (Å²) >= 11 is 0. The first kappa shape index (κ1) is 20.3. The number of benzene rings is 2. The third-order valence-corrected chi connectivity index (χ3v) is 4.61. The van der Waals surface area contributed by atoms with Crippen LogP contribution >= 0.6 is 0 Å². The molecule has 0 radical (unpaired) electrons. The summed E-state index contributed by atoms with van der Waals surface area (Å²) in [5, 5.41) is 6.24. The number of rotatable bonds is 7. The van der Waals surface area contributed by atoms with E-state index >= 15 is 0 Å². The molecule has 0 atom stereocenters. The summed E-state index contributed by atoms with van der Waals surface area (Å²) in [6.45, 7) is 9.86. The van der Waals surface area contributed by atoms with Crippen molar-refractivity contribution in [1.29, 1.82) is 0 Å². The fraction of sp³-hybridized carbons (Fsp3) is 0.261. The third kappa shape index (κ3) is 5.31. The van der Waals surface area contributed by atoms with Gasteiger partial charge in [0.25, 0.3) is 5.91 Å². The van der Waals surface area contributed by atoms with Crippen LogP contribution < -0.4 is 15.5 Å². The molecule has 0 aliphatic heterocycles. The quantitative estimate of drug-likeness (QED) is 0.599. The third-order valence-electron chi connectivity index (χ3n) is 4.61. The van der Waals surface area contributed by atoms with E-state index in [1.807, 2.05) is 68.4 Å². The van der Waals surface area contributed by atoms with Crippen LogP contribution in [0.25, 0.3) is 0 Å². The zero-order valence-electron chi connectivity index (χ0n) is 17.4. The Morgan fingerprint density at radius 2 is 1.62 bits per heavy atom. The number of aromatic nitrogens is 2. The van der Waals surface area contributed by atoms with Gasteiger partial charge in [-0.2, -0.15) is 0 Å². The number of hydrogen-bond acceptors (Lipinski definition) is 5. The lowest BCUT2D eigenvalue weighted by Crippen LogP contribution is -2.23. The fourth-order valence-corrected chi connectivity index (χ4v) is 3.10. The van der Waals surface area contributed by atoms with Crippen LogP contribution in [0, 0.1) is 13.8 Å². The fourth-order valence-electron chi connectivity index (χ4n) is 3.10. The minimum absolute atomic E-state index is 0.121. The highest BCUT2D eigenvalue weighted by Gasteiger charge is 2.09. The van der Waals surface area contributed by atoms with Gasteiger partial charge >= 0.3 is 0 Å². The first-order valence-electron chi connectivity index (χ1n) is 9.84. The van der Waals surface area contributed by atoms with E-state index in [1.165, 1.54) is 0 Å². The SMILES string of the molecule is CCN(CC)c1cc(Nc2ccc(NC(=O)c3cccc(C)c3)cc2)nc(C)n1. The van der Waals surface area contributed by atoms with Crippen molar-refractivity contribution in [2.45, 2.75) is 27.7 Å². The first-order valence-corrected chi connectivity index (χ1v) is 9.84. The lowest BCUT2D eigenvalue weighted by molar-refractivity contribution is 0.102. The summed E-state index contributed by atoms with van der Waals surface area (Å²) in [5.41, 5.74) is 3.33. The average molecular weight is 390 g/mol. The van der Waals surface area contributed by atoms with E-state index < -0.39 is 0 Å². The zero-order chi connectivity index (χ0) is 20.8. The number of anilines is 4. The predicted octanol–water partition coefficient (Wildman–Crippen LogP) is 4.94. The van der Waals surface area contributed by atoms with E-state index in [0.717, 1.165) is 47.5 Å². The van der Waals surface area contributed by atoms with Crippen molar-refractivity contribution in [2.75, 3.05) is 28.6 Å². The molecule has 0 saturated heterocycles. The smallest absolute Gasteiger partial charge is 0.255 e. The highest BCUT2D eigenvalue weighted by Crippen LogP contribution is 2.21. The zero-order valence-corrected chi connectivity index (χ0v) is 17.4. The molecule has 0 fully saturated rings. The summed E-state index contributed by atoms with van der Waals surface area (Å²) in [6.07, 6.45) is 0. The van der Waals surface area contributed by atoms with Crippen LogP contribution in [0.3, 0.4) is 0 Å². The average Bonchev–Trinajstić information content (AvgIpc) is 2.70.